The lowest BCUT2D eigenvalue weighted by atomic mass is 10.0. The fourth-order valence-electron chi connectivity index (χ4n) is 5.03. The summed E-state index contributed by atoms with van der Waals surface area (Å²) in [5, 5.41) is 12.1. The monoisotopic (exact) mass is 621 g/mol. The molecule has 0 atom stereocenters. The van der Waals surface area contributed by atoms with Crippen LogP contribution in [-0.4, -0.2) is 49.9 Å². The molecule has 5 rings (SSSR count). The zero-order valence-electron chi connectivity index (χ0n) is 24.2. The van der Waals surface area contributed by atoms with E-state index in [0.717, 1.165) is 54.6 Å². The van der Waals surface area contributed by atoms with Crippen LogP contribution in [0.1, 0.15) is 18.4 Å². The predicted octanol–water partition coefficient (Wildman–Crippen LogP) is 7.64. The van der Waals surface area contributed by atoms with Gasteiger partial charge < -0.3 is 30.2 Å². The first-order chi connectivity index (χ1) is 20.8. The number of pyridine rings is 2. The van der Waals surface area contributed by atoms with E-state index in [0.29, 0.717) is 56.0 Å². The van der Waals surface area contributed by atoms with Gasteiger partial charge in [-0.3, -0.25) is 4.79 Å². The lowest BCUT2D eigenvalue weighted by Crippen LogP contribution is -2.23. The molecule has 2 aromatic carbocycles. The van der Waals surface area contributed by atoms with Crippen molar-refractivity contribution in [3.8, 4) is 22.8 Å². The van der Waals surface area contributed by atoms with Crippen LogP contribution in [0.3, 0.4) is 0 Å². The number of anilines is 4. The third-order valence-electron chi connectivity index (χ3n) is 7.41. The van der Waals surface area contributed by atoms with Crippen molar-refractivity contribution in [1.29, 1.82) is 0 Å². The minimum Gasteiger partial charge on any atom is -0.495 e. The van der Waals surface area contributed by atoms with Gasteiger partial charge in [-0.1, -0.05) is 41.9 Å². The molecule has 3 heterocycles. The van der Waals surface area contributed by atoms with Crippen LogP contribution in [0.25, 0.3) is 22.0 Å². The van der Waals surface area contributed by atoms with Crippen LogP contribution < -0.4 is 25.4 Å². The van der Waals surface area contributed by atoms with Gasteiger partial charge in [-0.2, -0.15) is 0 Å². The summed E-state index contributed by atoms with van der Waals surface area (Å²) in [6.45, 7) is 7.72. The number of amides is 1. The highest BCUT2D eigenvalue weighted by atomic mass is 35.5. The van der Waals surface area contributed by atoms with Gasteiger partial charge in [-0.25, -0.2) is 9.97 Å². The lowest BCUT2D eigenvalue weighted by molar-refractivity contribution is -0.111. The molecule has 1 amide bonds. The highest BCUT2D eigenvalue weighted by Crippen LogP contribution is 2.46. The average molecular weight is 623 g/mol. The molecule has 0 spiro atoms. The number of rotatable bonds is 10. The smallest absolute Gasteiger partial charge is 0.247 e. The molecule has 0 saturated carbocycles. The maximum atomic E-state index is 12.1. The van der Waals surface area contributed by atoms with Gasteiger partial charge in [0.05, 0.1) is 41.3 Å². The van der Waals surface area contributed by atoms with E-state index in [1.54, 1.807) is 12.3 Å². The maximum absolute atomic E-state index is 12.1. The Labute approximate surface area is 260 Å². The minimum atomic E-state index is -0.303. The van der Waals surface area contributed by atoms with Gasteiger partial charge in [0.2, 0.25) is 5.91 Å². The molecule has 11 heteroatoms. The molecule has 2 aromatic heterocycles. The number of benzene rings is 2. The fraction of sp³-hybridized carbons (Fsp3) is 0.281. The van der Waals surface area contributed by atoms with Crippen molar-refractivity contribution in [3.63, 3.8) is 0 Å². The summed E-state index contributed by atoms with van der Waals surface area (Å²) in [4.78, 5) is 21.8. The Kier molecular flexibility index (Phi) is 9.55. The van der Waals surface area contributed by atoms with Gasteiger partial charge in [0.15, 0.2) is 0 Å². The van der Waals surface area contributed by atoms with E-state index >= 15 is 0 Å². The van der Waals surface area contributed by atoms with Crippen LogP contribution in [0.2, 0.25) is 10.0 Å². The van der Waals surface area contributed by atoms with E-state index in [1.165, 1.54) is 20.3 Å². The number of nitrogens with zero attached hydrogens (tertiary/aromatic N) is 2. The average Bonchev–Trinajstić information content (AvgIpc) is 3.02. The molecule has 0 unspecified atom stereocenters. The van der Waals surface area contributed by atoms with E-state index in [9.17, 15) is 4.79 Å². The molecule has 3 N–H and O–H groups in total. The Balaban J connectivity index is 1.60. The summed E-state index contributed by atoms with van der Waals surface area (Å²) in [7, 11) is 3.07. The van der Waals surface area contributed by atoms with Gasteiger partial charge in [0.25, 0.3) is 0 Å². The van der Waals surface area contributed by atoms with E-state index in [4.69, 9.17) is 47.4 Å². The third-order valence-corrected chi connectivity index (χ3v) is 8.16. The second kappa shape index (κ2) is 13.5. The fourth-order valence-corrected chi connectivity index (χ4v) is 5.72. The first kappa shape index (κ1) is 30.4. The topological polar surface area (TPSA) is 107 Å². The van der Waals surface area contributed by atoms with Crippen LogP contribution >= 0.6 is 23.2 Å². The second-order valence-electron chi connectivity index (χ2n) is 10.2. The molecule has 0 aliphatic carbocycles. The molecule has 4 aromatic rings. The standard InChI is InChI=1S/C32H33Cl2N5O4/c1-5-27(40)37-22-8-6-7-18(2)31(22)39-26-14-21-20(17-35-26)13-23(38-32(21)36-16-19-9-11-43-12-10-19)28-29(33)24(41-3)15-25(42-4)30(28)34/h5-8,13-15,17,19H,1,9-12,16H2,2-4H3,(H,35,39)(H,36,38)(H,37,40). The number of hydrogen-bond acceptors (Lipinski definition) is 8. The summed E-state index contributed by atoms with van der Waals surface area (Å²) >= 11 is 13.5. The number of halogens is 2. The highest BCUT2D eigenvalue weighted by molar-refractivity contribution is 6.41. The number of aromatic nitrogens is 2. The van der Waals surface area contributed by atoms with Gasteiger partial charge >= 0.3 is 0 Å². The zero-order chi connectivity index (χ0) is 30.5. The molecule has 1 fully saturated rings. The van der Waals surface area contributed by atoms with Crippen LogP contribution in [0.15, 0.2) is 55.3 Å². The predicted molar refractivity (Wildman–Crippen MR) is 173 cm³/mol. The Morgan fingerprint density at radius 3 is 2.51 bits per heavy atom. The first-order valence-electron chi connectivity index (χ1n) is 13.9. The van der Waals surface area contributed by atoms with Crippen LogP contribution in [-0.2, 0) is 9.53 Å². The van der Waals surface area contributed by atoms with E-state index in [1.807, 2.05) is 37.3 Å². The van der Waals surface area contributed by atoms with Crippen molar-refractivity contribution in [2.45, 2.75) is 19.8 Å². The number of aryl methyl sites for hydroxylation is 1. The molecule has 224 valence electrons. The summed E-state index contributed by atoms with van der Waals surface area (Å²) in [6, 6.07) is 11.1. The number of fused-ring (bicyclic) bond motifs is 1. The first-order valence-corrected chi connectivity index (χ1v) is 14.6. The zero-order valence-corrected chi connectivity index (χ0v) is 25.7. The number of ether oxygens (including phenoxy) is 3. The van der Waals surface area contributed by atoms with Crippen molar-refractivity contribution >= 4 is 62.9 Å². The van der Waals surface area contributed by atoms with Crippen molar-refractivity contribution in [1.82, 2.24) is 9.97 Å². The van der Waals surface area contributed by atoms with Crippen LogP contribution in [0, 0.1) is 12.8 Å². The number of carbonyl (C=O) groups excluding carboxylic acids is 1. The Bertz CT molecular complexity index is 1650. The number of carbonyl (C=O) groups is 1. The number of hydrogen-bond donors (Lipinski definition) is 3. The summed E-state index contributed by atoms with van der Waals surface area (Å²) < 4.78 is 16.5. The lowest BCUT2D eigenvalue weighted by Gasteiger charge is -2.23. The Hall–Kier alpha value is -4.05. The summed E-state index contributed by atoms with van der Waals surface area (Å²) in [6.07, 6.45) is 4.94. The molecule has 1 aliphatic rings. The Morgan fingerprint density at radius 1 is 1.12 bits per heavy atom. The van der Waals surface area contributed by atoms with E-state index in [-0.39, 0.29) is 5.91 Å². The highest BCUT2D eigenvalue weighted by Gasteiger charge is 2.22. The van der Waals surface area contributed by atoms with Crippen LogP contribution in [0.4, 0.5) is 23.0 Å². The number of para-hydroxylation sites is 1. The van der Waals surface area contributed by atoms with Gasteiger partial charge in [-0.05, 0) is 55.5 Å². The van der Waals surface area contributed by atoms with Gasteiger partial charge in [0, 0.05) is 48.4 Å². The SMILES string of the molecule is C=CC(=O)Nc1cccc(C)c1Nc1cc2c(NCC3CCOCC3)nc(-c3c(Cl)c(OC)cc(OC)c3Cl)cc2cn1. The normalized spacial score (nSPS) is 13.4. The third kappa shape index (κ3) is 6.64. The molecule has 1 saturated heterocycles. The largest absolute Gasteiger partial charge is 0.495 e. The second-order valence-corrected chi connectivity index (χ2v) is 10.9. The number of nitrogens with one attached hydrogen (secondary N) is 3. The summed E-state index contributed by atoms with van der Waals surface area (Å²) in [5.41, 5.74) is 3.33. The number of methoxy groups -OCH3 is 2. The van der Waals surface area contributed by atoms with Gasteiger partial charge in [-0.15, -0.1) is 0 Å². The van der Waals surface area contributed by atoms with Crippen molar-refractivity contribution in [2.75, 3.05) is 49.9 Å². The minimum absolute atomic E-state index is 0.303. The maximum Gasteiger partial charge on any atom is 0.247 e. The van der Waals surface area contributed by atoms with E-state index in [2.05, 4.69) is 22.5 Å². The van der Waals surface area contributed by atoms with Crippen molar-refractivity contribution in [3.05, 3.63) is 70.9 Å². The van der Waals surface area contributed by atoms with Crippen molar-refractivity contribution in [2.24, 2.45) is 5.92 Å². The quantitative estimate of drug-likeness (QED) is 0.155. The molecule has 1 aliphatic heterocycles. The van der Waals surface area contributed by atoms with E-state index < -0.39 is 0 Å². The molecular formula is C32H33Cl2N5O4. The molecule has 0 radical (unpaired) electrons. The molecular weight excluding hydrogens is 589 g/mol. The molecule has 0 bridgehead atoms. The van der Waals surface area contributed by atoms with Crippen LogP contribution in [0.5, 0.6) is 11.5 Å². The molecule has 9 nitrogen and oxygen atoms in total. The van der Waals surface area contributed by atoms with Crippen molar-refractivity contribution < 1.29 is 19.0 Å². The molecule has 43 heavy (non-hydrogen) atoms. The Morgan fingerprint density at radius 2 is 1.84 bits per heavy atom. The van der Waals surface area contributed by atoms with Gasteiger partial charge in [0.1, 0.15) is 23.1 Å². The summed E-state index contributed by atoms with van der Waals surface area (Å²) in [5.74, 6) is 2.23.